The van der Waals surface area contributed by atoms with Gasteiger partial charge in [-0.2, -0.15) is 0 Å². The summed E-state index contributed by atoms with van der Waals surface area (Å²) in [5.41, 5.74) is 1.87. The predicted molar refractivity (Wildman–Crippen MR) is 193 cm³/mol. The van der Waals surface area contributed by atoms with Gasteiger partial charge in [0, 0.05) is 48.4 Å². The van der Waals surface area contributed by atoms with Crippen LogP contribution in [0.1, 0.15) is 68.2 Å². The first-order valence-corrected chi connectivity index (χ1v) is 21.0. The van der Waals surface area contributed by atoms with Gasteiger partial charge in [0.2, 0.25) is 5.91 Å². The van der Waals surface area contributed by atoms with Crippen LogP contribution in [-0.4, -0.2) is 89.9 Å². The minimum Gasteiger partial charge on any atom is -0.469 e. The van der Waals surface area contributed by atoms with Crippen molar-refractivity contribution in [1.82, 2.24) is 20.3 Å². The Hall–Kier alpha value is -3.95. The summed E-state index contributed by atoms with van der Waals surface area (Å²) in [5.74, 6) is -1.31. The van der Waals surface area contributed by atoms with Crippen molar-refractivity contribution in [2.45, 2.75) is 94.3 Å². The van der Waals surface area contributed by atoms with Crippen molar-refractivity contribution in [3.05, 3.63) is 71.5 Å². The van der Waals surface area contributed by atoms with Crippen LogP contribution in [0.3, 0.4) is 0 Å². The largest absolute Gasteiger partial charge is 0.469 e. The first-order chi connectivity index (χ1) is 24.5. The summed E-state index contributed by atoms with van der Waals surface area (Å²) >= 11 is 0. The average molecular weight is 719 g/mol. The number of rotatable bonds is 14. The number of carbonyl (C=O) groups excluding carboxylic acids is 3. The van der Waals surface area contributed by atoms with E-state index in [4.69, 9.17) is 9.47 Å². The topological polar surface area (TPSA) is 168 Å². The quantitative estimate of drug-likeness (QED) is 0.110. The van der Waals surface area contributed by atoms with Crippen molar-refractivity contribution in [1.29, 1.82) is 0 Å². The fourth-order valence-corrected chi connectivity index (χ4v) is 10.9. The van der Waals surface area contributed by atoms with Gasteiger partial charge in [0.1, 0.15) is 0 Å². The lowest BCUT2D eigenvalue weighted by molar-refractivity contribution is -0.146. The molecule has 2 saturated heterocycles. The highest BCUT2D eigenvalue weighted by Gasteiger charge is 2.66. The van der Waals surface area contributed by atoms with E-state index in [0.717, 1.165) is 24.9 Å². The molecule has 3 aliphatic heterocycles. The summed E-state index contributed by atoms with van der Waals surface area (Å²) in [6, 6.07) is 14.9. The van der Waals surface area contributed by atoms with Gasteiger partial charge < -0.3 is 34.9 Å². The second kappa shape index (κ2) is 15.3. The molecule has 2 amide bonds. The molecule has 2 fully saturated rings. The van der Waals surface area contributed by atoms with Crippen LogP contribution < -0.4 is 15.5 Å². The van der Waals surface area contributed by atoms with Gasteiger partial charge in [-0.25, -0.2) is 0 Å². The molecule has 51 heavy (non-hydrogen) atoms. The first kappa shape index (κ1) is 36.8. The monoisotopic (exact) mass is 718 g/mol. The molecule has 0 radical (unpaired) electrons. The number of aliphatic hydroxyl groups excluding tert-OH is 1. The number of hydrogen-bond acceptors (Lipinski definition) is 10. The Morgan fingerprint density at radius 3 is 2.65 bits per heavy atom. The maximum atomic E-state index is 14.8. The van der Waals surface area contributed by atoms with E-state index in [2.05, 4.69) is 20.9 Å². The highest BCUT2D eigenvalue weighted by molar-refractivity contribution is 6.71. The molecule has 6 rings (SSSR count). The van der Waals surface area contributed by atoms with Crippen molar-refractivity contribution < 1.29 is 33.8 Å². The molecule has 1 aromatic heterocycles. The van der Waals surface area contributed by atoms with Gasteiger partial charge in [0.05, 0.1) is 43.2 Å². The van der Waals surface area contributed by atoms with Crippen LogP contribution in [0.4, 0.5) is 11.4 Å². The third-order valence-electron chi connectivity index (χ3n) is 10.8. The lowest BCUT2D eigenvalue weighted by Gasteiger charge is -2.32. The molecule has 1 spiro atoms. The Labute approximate surface area is 299 Å². The van der Waals surface area contributed by atoms with Gasteiger partial charge >= 0.3 is 5.97 Å². The maximum absolute atomic E-state index is 14.8. The molecule has 3 aromatic rings. The van der Waals surface area contributed by atoms with E-state index in [1.807, 2.05) is 74.7 Å². The summed E-state index contributed by atoms with van der Waals surface area (Å²) < 4.78 is 13.5. The van der Waals surface area contributed by atoms with Gasteiger partial charge in [-0.3, -0.25) is 19.1 Å². The molecule has 14 heteroatoms. The SMILES string of the molecule is COC(=O)CCCCN1C(=O)[C@@]2(O[C@@H](CCn3cc(C(CO)c4ccccc4)nn3)[C@H]([Si](C)(C)O)[C@H]2C)c2cc(NC(=O)[C@H]3CCCN3)ccc21. The lowest BCUT2D eigenvalue weighted by atomic mass is 9.82. The fraction of sp³-hybridized carbons (Fsp3) is 0.541. The number of nitrogens with zero attached hydrogens (tertiary/aromatic N) is 4. The summed E-state index contributed by atoms with van der Waals surface area (Å²) in [4.78, 5) is 53.1. The molecule has 4 N–H and O–H groups in total. The lowest BCUT2D eigenvalue weighted by Crippen LogP contribution is -2.46. The van der Waals surface area contributed by atoms with Crippen LogP contribution in [0, 0.1) is 5.92 Å². The number of ether oxygens (including phenoxy) is 2. The van der Waals surface area contributed by atoms with Crippen molar-refractivity contribution in [2.24, 2.45) is 5.92 Å². The van der Waals surface area contributed by atoms with Crippen molar-refractivity contribution in [2.75, 3.05) is 37.0 Å². The van der Waals surface area contributed by atoms with E-state index < -0.39 is 20.0 Å². The van der Waals surface area contributed by atoms with Gasteiger partial charge in [-0.1, -0.05) is 42.5 Å². The molecule has 3 aliphatic rings. The van der Waals surface area contributed by atoms with Crippen molar-refractivity contribution >= 4 is 37.5 Å². The number of aryl methyl sites for hydroxylation is 1. The number of aliphatic hydroxyl groups is 1. The zero-order chi connectivity index (χ0) is 36.3. The first-order valence-electron chi connectivity index (χ1n) is 18.0. The number of amides is 2. The number of fused-ring (bicyclic) bond motifs is 2. The molecule has 1 unspecified atom stereocenters. The van der Waals surface area contributed by atoms with E-state index in [1.165, 1.54) is 7.11 Å². The highest BCUT2D eigenvalue weighted by Crippen LogP contribution is 2.60. The van der Waals surface area contributed by atoms with Gasteiger partial charge in [0.25, 0.3) is 5.91 Å². The van der Waals surface area contributed by atoms with Crippen LogP contribution >= 0.6 is 0 Å². The van der Waals surface area contributed by atoms with Crippen molar-refractivity contribution in [3.63, 3.8) is 0 Å². The molecule has 13 nitrogen and oxygen atoms in total. The van der Waals surface area contributed by atoms with Gasteiger partial charge in [-0.15, -0.1) is 5.10 Å². The normalized spacial score (nSPS) is 25.0. The number of anilines is 2. The zero-order valence-corrected chi connectivity index (χ0v) is 30.9. The molecule has 0 saturated carbocycles. The number of carbonyl (C=O) groups is 3. The second-order valence-electron chi connectivity index (χ2n) is 14.6. The summed E-state index contributed by atoms with van der Waals surface area (Å²) in [7, 11) is -1.56. The number of aromatic nitrogens is 3. The number of unbranched alkanes of at least 4 members (excludes halogenated alkanes) is 1. The Balaban J connectivity index is 1.28. The minimum absolute atomic E-state index is 0.110. The summed E-state index contributed by atoms with van der Waals surface area (Å²) in [5, 5.41) is 25.2. The van der Waals surface area contributed by atoms with Crippen LogP contribution in [0.5, 0.6) is 0 Å². The molecular weight excluding hydrogens is 669 g/mol. The Morgan fingerprint density at radius 1 is 1.18 bits per heavy atom. The second-order valence-corrected chi connectivity index (χ2v) is 18.5. The summed E-state index contributed by atoms with van der Waals surface area (Å²) in [6.45, 7) is 7.26. The van der Waals surface area contributed by atoms with Crippen LogP contribution in [0.15, 0.2) is 54.7 Å². The highest BCUT2D eigenvalue weighted by atomic mass is 28.4. The molecule has 4 heterocycles. The van der Waals surface area contributed by atoms with Crippen LogP contribution in [-0.2, 0) is 36.0 Å². The molecule has 274 valence electrons. The van der Waals surface area contributed by atoms with Crippen LogP contribution in [0.2, 0.25) is 18.6 Å². The number of methoxy groups -OCH3 is 1. The van der Waals surface area contributed by atoms with Gasteiger partial charge in [-0.05, 0) is 75.5 Å². The Kier molecular flexibility index (Phi) is 11.1. The van der Waals surface area contributed by atoms with E-state index in [0.29, 0.717) is 55.0 Å². The predicted octanol–water partition coefficient (Wildman–Crippen LogP) is 3.67. The zero-order valence-electron chi connectivity index (χ0n) is 29.9. The van der Waals surface area contributed by atoms with Gasteiger partial charge in [0.15, 0.2) is 13.9 Å². The number of esters is 1. The number of benzene rings is 2. The molecule has 0 aliphatic carbocycles. The van der Waals surface area contributed by atoms with E-state index in [9.17, 15) is 24.3 Å². The third-order valence-corrected chi connectivity index (χ3v) is 13.3. The smallest absolute Gasteiger partial charge is 0.305 e. The van der Waals surface area contributed by atoms with Crippen LogP contribution in [0.25, 0.3) is 0 Å². The molecule has 0 bridgehead atoms. The third kappa shape index (κ3) is 7.38. The number of hydrogen-bond donors (Lipinski definition) is 4. The summed E-state index contributed by atoms with van der Waals surface area (Å²) in [6.07, 6.45) is 4.92. The Morgan fingerprint density at radius 2 is 1.96 bits per heavy atom. The van der Waals surface area contributed by atoms with E-state index >= 15 is 0 Å². The van der Waals surface area contributed by atoms with Crippen molar-refractivity contribution in [3.8, 4) is 0 Å². The maximum Gasteiger partial charge on any atom is 0.305 e. The number of nitrogens with one attached hydrogen (secondary N) is 2. The Bertz CT molecular complexity index is 1710. The molecule has 2 aromatic carbocycles. The average Bonchev–Trinajstić information content (AvgIpc) is 3.91. The standard InChI is InChI=1S/C37H50N6O7Si/c1-24-34(51(3,4)48)32(17-20-42-22-30(40-41-42)27(23-44)25-11-6-5-7-12-25)50-37(24)28-21-26(39-35(46)29-13-10-18-38-29)15-16-31(28)43(36(37)47)19-9-8-14-33(45)49-2/h5-7,11-12,15-16,21-22,24,27,29,32,34,38,44,48H,8-10,13-14,17-20,23H2,1-4H3,(H,39,46)/t24-,27?,29-,32+,34-,37+/m1/s1. The fourth-order valence-electron chi connectivity index (χ4n) is 8.32. The molecule has 6 atom stereocenters. The molecular formula is C37H50N6O7Si. The minimum atomic E-state index is -2.93. The van der Waals surface area contributed by atoms with E-state index in [-0.39, 0.29) is 54.2 Å². The van der Waals surface area contributed by atoms with E-state index in [1.54, 1.807) is 9.58 Å².